The molecule has 0 bridgehead atoms. The monoisotopic (exact) mass is 161 g/mol. The summed E-state index contributed by atoms with van der Waals surface area (Å²) in [6.45, 7) is 5.90. The third-order valence-electron chi connectivity index (χ3n) is 1.84. The van der Waals surface area contributed by atoms with Crippen molar-refractivity contribution in [2.75, 3.05) is 14.2 Å². The molecule has 0 saturated carbocycles. The molecule has 0 aliphatic carbocycles. The highest BCUT2D eigenvalue weighted by Gasteiger charge is 2.31. The van der Waals surface area contributed by atoms with Crippen LogP contribution in [0.5, 0.6) is 0 Å². The minimum Gasteiger partial charge on any atom is -0.398 e. The summed E-state index contributed by atoms with van der Waals surface area (Å²) < 4.78 is 10.7. The maximum absolute atomic E-state index is 5.35. The van der Waals surface area contributed by atoms with E-state index in [0.717, 1.165) is 18.5 Å². The highest BCUT2D eigenvalue weighted by Crippen LogP contribution is 2.17. The van der Waals surface area contributed by atoms with Crippen LogP contribution in [0.2, 0.25) is 12.1 Å². The predicted molar refractivity (Wildman–Crippen MR) is 45.0 cm³/mol. The van der Waals surface area contributed by atoms with Gasteiger partial charge in [0.1, 0.15) is 0 Å². The quantitative estimate of drug-likeness (QED) is 0.574. The average Bonchev–Trinajstić information content (AvgIpc) is 2.01. The van der Waals surface area contributed by atoms with Gasteiger partial charge in [-0.15, -0.1) is 0 Å². The molecule has 2 nitrogen and oxygen atoms in total. The van der Waals surface area contributed by atoms with Crippen molar-refractivity contribution >= 4 is 8.56 Å². The van der Waals surface area contributed by atoms with E-state index in [4.69, 9.17) is 8.85 Å². The highest BCUT2D eigenvalue weighted by atomic mass is 28.4. The van der Waals surface area contributed by atoms with E-state index in [1.807, 2.05) is 0 Å². The predicted octanol–water partition coefficient (Wildman–Crippen LogP) is 1.97. The molecule has 0 saturated heterocycles. The maximum atomic E-state index is 5.35. The lowest BCUT2D eigenvalue weighted by Crippen LogP contribution is -2.38. The van der Waals surface area contributed by atoms with Gasteiger partial charge in [0.15, 0.2) is 0 Å². The van der Waals surface area contributed by atoms with Crippen LogP contribution in [0.3, 0.4) is 0 Å². The number of hydrogen-bond donors (Lipinski definition) is 0. The Bertz CT molecular complexity index is 73.4. The second-order valence-corrected chi connectivity index (χ2v) is 6.12. The third kappa shape index (κ3) is 2.40. The molecular weight excluding hydrogens is 144 g/mol. The van der Waals surface area contributed by atoms with Gasteiger partial charge in [0.25, 0.3) is 0 Å². The molecule has 0 unspecified atom stereocenters. The van der Waals surface area contributed by atoms with Gasteiger partial charge in [0.05, 0.1) is 0 Å². The summed E-state index contributed by atoms with van der Waals surface area (Å²) in [6.07, 6.45) is 0.905. The Labute approximate surface area is 64.8 Å². The Morgan fingerprint density at radius 2 is 1.80 bits per heavy atom. The Morgan fingerprint density at radius 1 is 1.30 bits per heavy atom. The van der Waals surface area contributed by atoms with Gasteiger partial charge >= 0.3 is 8.56 Å². The Morgan fingerprint density at radius 3 is 1.90 bits per heavy atom. The van der Waals surface area contributed by atoms with Crippen molar-refractivity contribution in [2.45, 2.75) is 25.4 Å². The fraction of sp³-hybridized carbons (Fsp3) is 0.857. The zero-order valence-electron chi connectivity index (χ0n) is 7.14. The lowest BCUT2D eigenvalue weighted by molar-refractivity contribution is 0.243. The van der Waals surface area contributed by atoms with Crippen LogP contribution in [-0.2, 0) is 8.85 Å². The van der Waals surface area contributed by atoms with E-state index in [0.29, 0.717) is 0 Å². The van der Waals surface area contributed by atoms with Crippen molar-refractivity contribution in [2.24, 2.45) is 0 Å². The van der Waals surface area contributed by atoms with Crippen LogP contribution in [0.25, 0.3) is 0 Å². The van der Waals surface area contributed by atoms with Crippen molar-refractivity contribution in [3.63, 3.8) is 0 Å². The largest absolute Gasteiger partial charge is 0.398 e. The summed E-state index contributed by atoms with van der Waals surface area (Å²) >= 11 is 0. The summed E-state index contributed by atoms with van der Waals surface area (Å²) in [5.41, 5.74) is 0. The standard InChI is InChI=1S/C7H17O2Si/c1-5-7-10(6-2,8-3)9-4/h1,5-7H2,2-4H3. The van der Waals surface area contributed by atoms with Crippen molar-refractivity contribution in [3.05, 3.63) is 6.92 Å². The Hall–Kier alpha value is 0.137. The molecule has 0 aromatic rings. The second-order valence-electron chi connectivity index (χ2n) is 2.28. The van der Waals surface area contributed by atoms with E-state index < -0.39 is 8.56 Å². The molecule has 0 aromatic heterocycles. The normalized spacial score (nSPS) is 12.0. The van der Waals surface area contributed by atoms with E-state index in [1.54, 1.807) is 14.2 Å². The van der Waals surface area contributed by atoms with E-state index in [1.165, 1.54) is 0 Å². The smallest absolute Gasteiger partial charge is 0.337 e. The number of rotatable bonds is 5. The fourth-order valence-corrected chi connectivity index (χ4v) is 3.07. The van der Waals surface area contributed by atoms with Gasteiger partial charge in [-0.05, 0) is 12.1 Å². The van der Waals surface area contributed by atoms with Crippen LogP contribution in [-0.4, -0.2) is 22.8 Å². The average molecular weight is 161 g/mol. The highest BCUT2D eigenvalue weighted by molar-refractivity contribution is 6.67. The number of hydrogen-bond acceptors (Lipinski definition) is 2. The van der Waals surface area contributed by atoms with Gasteiger partial charge < -0.3 is 8.85 Å². The zero-order valence-corrected chi connectivity index (χ0v) is 8.14. The first kappa shape index (κ1) is 10.1. The lowest BCUT2D eigenvalue weighted by atomic mass is 10.6. The molecular formula is C7H17O2Si. The first-order valence-corrected chi connectivity index (χ1v) is 5.87. The molecule has 0 atom stereocenters. The fourth-order valence-electron chi connectivity index (χ4n) is 1.02. The van der Waals surface area contributed by atoms with Crippen LogP contribution in [0.15, 0.2) is 0 Å². The van der Waals surface area contributed by atoms with Crippen molar-refractivity contribution in [3.8, 4) is 0 Å². The van der Waals surface area contributed by atoms with E-state index in [2.05, 4.69) is 13.8 Å². The van der Waals surface area contributed by atoms with Crippen molar-refractivity contribution in [1.29, 1.82) is 0 Å². The molecule has 0 spiro atoms. The molecule has 1 radical (unpaired) electrons. The molecule has 61 valence electrons. The van der Waals surface area contributed by atoms with Gasteiger partial charge in [-0.25, -0.2) is 0 Å². The lowest BCUT2D eigenvalue weighted by Gasteiger charge is -2.25. The van der Waals surface area contributed by atoms with Gasteiger partial charge in [-0.2, -0.15) is 0 Å². The van der Waals surface area contributed by atoms with Crippen molar-refractivity contribution in [1.82, 2.24) is 0 Å². The van der Waals surface area contributed by atoms with Crippen LogP contribution in [0.1, 0.15) is 13.3 Å². The van der Waals surface area contributed by atoms with E-state index in [9.17, 15) is 0 Å². The molecule has 0 aliphatic rings. The van der Waals surface area contributed by atoms with Crippen molar-refractivity contribution < 1.29 is 8.85 Å². The molecule has 0 rings (SSSR count). The topological polar surface area (TPSA) is 18.5 Å². The Balaban J connectivity index is 3.87. The zero-order chi connectivity index (χ0) is 8.04. The van der Waals surface area contributed by atoms with Crippen LogP contribution in [0, 0.1) is 6.92 Å². The molecule has 0 aromatic carbocycles. The minimum atomic E-state index is -1.78. The van der Waals surface area contributed by atoms with Crippen LogP contribution < -0.4 is 0 Å². The first-order chi connectivity index (χ1) is 4.74. The summed E-state index contributed by atoms with van der Waals surface area (Å²) in [4.78, 5) is 0. The van der Waals surface area contributed by atoms with E-state index in [-0.39, 0.29) is 0 Å². The summed E-state index contributed by atoms with van der Waals surface area (Å²) in [6, 6.07) is 2.01. The van der Waals surface area contributed by atoms with Crippen LogP contribution >= 0.6 is 0 Å². The molecule has 0 heterocycles. The summed E-state index contributed by atoms with van der Waals surface area (Å²) in [5, 5.41) is 0. The second kappa shape index (κ2) is 4.88. The van der Waals surface area contributed by atoms with Gasteiger partial charge in [0, 0.05) is 14.2 Å². The SMILES string of the molecule is [CH2]CC[Si](CC)(OC)OC. The maximum Gasteiger partial charge on any atom is 0.337 e. The molecule has 0 N–H and O–H groups in total. The molecule has 3 heteroatoms. The summed E-state index contributed by atoms with van der Waals surface area (Å²) in [5.74, 6) is 0. The molecule has 0 amide bonds. The molecule has 10 heavy (non-hydrogen) atoms. The third-order valence-corrected chi connectivity index (χ3v) is 5.52. The van der Waals surface area contributed by atoms with Gasteiger partial charge in [-0.3, -0.25) is 0 Å². The first-order valence-electron chi connectivity index (χ1n) is 3.64. The van der Waals surface area contributed by atoms with E-state index >= 15 is 0 Å². The molecule has 0 fully saturated rings. The minimum absolute atomic E-state index is 0.905. The van der Waals surface area contributed by atoms with Gasteiger partial charge in [-0.1, -0.05) is 20.3 Å². The molecule has 0 aliphatic heterocycles. The summed E-state index contributed by atoms with van der Waals surface area (Å²) in [7, 11) is 1.68. The van der Waals surface area contributed by atoms with Crippen LogP contribution in [0.4, 0.5) is 0 Å². The van der Waals surface area contributed by atoms with Gasteiger partial charge in [0.2, 0.25) is 0 Å². The Kier molecular flexibility index (Phi) is 4.94.